The lowest BCUT2D eigenvalue weighted by Crippen LogP contribution is -2.41. The van der Waals surface area contributed by atoms with Crippen molar-refractivity contribution in [3.8, 4) is 0 Å². The van der Waals surface area contributed by atoms with Crippen LogP contribution >= 0.6 is 0 Å². The Labute approximate surface area is 141 Å². The van der Waals surface area contributed by atoms with Crippen molar-refractivity contribution in [1.29, 1.82) is 0 Å². The molecule has 0 amide bonds. The van der Waals surface area contributed by atoms with Gasteiger partial charge in [0, 0.05) is 29.6 Å². The summed E-state index contributed by atoms with van der Waals surface area (Å²) >= 11 is 0. The zero-order valence-electron chi connectivity index (χ0n) is 14.0. The zero-order chi connectivity index (χ0) is 16.6. The van der Waals surface area contributed by atoms with Gasteiger partial charge in [0.25, 0.3) is 0 Å². The van der Waals surface area contributed by atoms with Gasteiger partial charge in [-0.25, -0.2) is 4.98 Å². The van der Waals surface area contributed by atoms with Crippen LogP contribution < -0.4 is 0 Å². The molecule has 124 valence electrons. The van der Waals surface area contributed by atoms with Crippen molar-refractivity contribution in [3.63, 3.8) is 0 Å². The Morgan fingerprint density at radius 1 is 1.08 bits per heavy atom. The normalized spacial score (nSPS) is 19.4. The minimum Gasteiger partial charge on any atom is -0.350 e. The molecular formula is C20H22N2O2. The van der Waals surface area contributed by atoms with Crippen LogP contribution in [-0.4, -0.2) is 29.0 Å². The van der Waals surface area contributed by atoms with Crippen LogP contribution in [0.4, 0.5) is 0 Å². The Bertz CT molecular complexity index is 816. The maximum atomic E-state index is 5.94. The topological polar surface area (TPSA) is 47.1 Å². The van der Waals surface area contributed by atoms with E-state index < -0.39 is 5.79 Å². The summed E-state index contributed by atoms with van der Waals surface area (Å²) in [6.07, 6.45) is 3.89. The summed E-state index contributed by atoms with van der Waals surface area (Å²) < 4.78 is 11.9. The van der Waals surface area contributed by atoms with E-state index in [1.165, 1.54) is 11.1 Å². The summed E-state index contributed by atoms with van der Waals surface area (Å²) in [7, 11) is 0. The smallest absolute Gasteiger partial charge is 0.162 e. The highest BCUT2D eigenvalue weighted by Crippen LogP contribution is 2.39. The van der Waals surface area contributed by atoms with Crippen LogP contribution in [0.25, 0.3) is 11.0 Å². The number of ether oxygens (including phenoxy) is 2. The first-order chi connectivity index (χ1) is 11.6. The van der Waals surface area contributed by atoms with Gasteiger partial charge in [-0.05, 0) is 37.1 Å². The Morgan fingerprint density at radius 3 is 2.58 bits per heavy atom. The standard InChI is InChI=1S/C20H22N2O2/c1-20(2)23-12-15(13-24-20)18(14-7-4-3-5-8-14)17-11-22-19-16(17)9-6-10-21-19/h3-11,15,18H,12-13H2,1-2H3,(H,21,22). The predicted molar refractivity (Wildman–Crippen MR) is 93.9 cm³/mol. The Balaban J connectivity index is 1.77. The molecule has 0 saturated carbocycles. The molecule has 1 aromatic carbocycles. The molecule has 1 aliphatic heterocycles. The zero-order valence-corrected chi connectivity index (χ0v) is 14.0. The number of fused-ring (bicyclic) bond motifs is 1. The number of benzene rings is 1. The fourth-order valence-corrected chi connectivity index (χ4v) is 3.50. The average molecular weight is 322 g/mol. The third-order valence-corrected chi connectivity index (χ3v) is 4.74. The third-order valence-electron chi connectivity index (χ3n) is 4.74. The molecule has 0 spiro atoms. The van der Waals surface area contributed by atoms with Crippen molar-refractivity contribution < 1.29 is 9.47 Å². The fourth-order valence-electron chi connectivity index (χ4n) is 3.50. The first-order valence-electron chi connectivity index (χ1n) is 8.39. The van der Waals surface area contributed by atoms with Crippen molar-refractivity contribution in [1.82, 2.24) is 9.97 Å². The van der Waals surface area contributed by atoms with E-state index in [4.69, 9.17) is 9.47 Å². The lowest BCUT2D eigenvalue weighted by molar-refractivity contribution is -0.263. The molecule has 0 aliphatic carbocycles. The van der Waals surface area contributed by atoms with E-state index in [1.807, 2.05) is 32.2 Å². The number of hydrogen-bond donors (Lipinski definition) is 1. The van der Waals surface area contributed by atoms with Crippen LogP contribution in [0, 0.1) is 5.92 Å². The number of aromatic amines is 1. The summed E-state index contributed by atoms with van der Waals surface area (Å²) in [5.74, 6) is -0.0284. The lowest BCUT2D eigenvalue weighted by Gasteiger charge is -2.38. The Morgan fingerprint density at radius 2 is 1.83 bits per heavy atom. The van der Waals surface area contributed by atoms with E-state index in [-0.39, 0.29) is 11.8 Å². The number of rotatable bonds is 3. The van der Waals surface area contributed by atoms with Gasteiger partial charge in [0.2, 0.25) is 0 Å². The van der Waals surface area contributed by atoms with Crippen LogP contribution in [0.5, 0.6) is 0 Å². The molecular weight excluding hydrogens is 300 g/mol. The molecule has 0 bridgehead atoms. The van der Waals surface area contributed by atoms with Gasteiger partial charge < -0.3 is 14.5 Å². The van der Waals surface area contributed by atoms with Gasteiger partial charge in [-0.15, -0.1) is 0 Å². The first kappa shape index (κ1) is 15.4. The lowest BCUT2D eigenvalue weighted by atomic mass is 9.81. The summed E-state index contributed by atoms with van der Waals surface area (Å²) in [5, 5.41) is 1.16. The molecule has 1 aliphatic rings. The molecule has 24 heavy (non-hydrogen) atoms. The quantitative estimate of drug-likeness (QED) is 0.790. The second-order valence-electron chi connectivity index (χ2n) is 6.81. The highest BCUT2D eigenvalue weighted by atomic mass is 16.7. The van der Waals surface area contributed by atoms with Crippen molar-refractivity contribution in [2.24, 2.45) is 5.92 Å². The average Bonchev–Trinajstić information content (AvgIpc) is 3.02. The predicted octanol–water partition coefficient (Wildman–Crippen LogP) is 4.09. The molecule has 1 N–H and O–H groups in total. The monoisotopic (exact) mass is 322 g/mol. The highest BCUT2D eigenvalue weighted by molar-refractivity contribution is 5.80. The second kappa shape index (κ2) is 6.04. The van der Waals surface area contributed by atoms with Crippen molar-refractivity contribution >= 4 is 11.0 Å². The summed E-state index contributed by atoms with van der Waals surface area (Å²) in [6, 6.07) is 14.7. The molecule has 2 aromatic heterocycles. The molecule has 3 heterocycles. The van der Waals surface area contributed by atoms with Crippen LogP contribution in [0.15, 0.2) is 54.9 Å². The number of aromatic nitrogens is 2. The minimum absolute atomic E-state index is 0.209. The molecule has 1 saturated heterocycles. The van der Waals surface area contributed by atoms with Crippen LogP contribution in [0.3, 0.4) is 0 Å². The summed E-state index contributed by atoms with van der Waals surface area (Å²) in [5.41, 5.74) is 3.45. The van der Waals surface area contributed by atoms with E-state index in [0.717, 1.165) is 11.0 Å². The number of nitrogens with zero attached hydrogens (tertiary/aromatic N) is 1. The molecule has 3 aromatic rings. The van der Waals surface area contributed by atoms with Gasteiger partial charge in [0.1, 0.15) is 5.65 Å². The number of H-pyrrole nitrogens is 1. The van der Waals surface area contributed by atoms with Crippen molar-refractivity contribution in [3.05, 3.63) is 66.0 Å². The van der Waals surface area contributed by atoms with E-state index in [9.17, 15) is 0 Å². The summed E-state index contributed by atoms with van der Waals surface area (Å²) in [6.45, 7) is 5.30. The maximum absolute atomic E-state index is 5.94. The van der Waals surface area contributed by atoms with Crippen LogP contribution in [0.1, 0.15) is 30.9 Å². The fraction of sp³-hybridized carbons (Fsp3) is 0.350. The molecule has 4 nitrogen and oxygen atoms in total. The third kappa shape index (κ3) is 2.83. The van der Waals surface area contributed by atoms with E-state index in [0.29, 0.717) is 13.2 Å². The molecule has 4 heteroatoms. The summed E-state index contributed by atoms with van der Waals surface area (Å²) in [4.78, 5) is 7.73. The molecule has 1 fully saturated rings. The number of hydrogen-bond acceptors (Lipinski definition) is 3. The highest BCUT2D eigenvalue weighted by Gasteiger charge is 2.35. The van der Waals surface area contributed by atoms with E-state index in [1.54, 1.807) is 0 Å². The van der Waals surface area contributed by atoms with E-state index in [2.05, 4.69) is 46.5 Å². The first-order valence-corrected chi connectivity index (χ1v) is 8.39. The SMILES string of the molecule is CC1(C)OCC(C(c2ccccc2)c2c[nH]c3ncccc23)CO1. The largest absolute Gasteiger partial charge is 0.350 e. The van der Waals surface area contributed by atoms with Gasteiger partial charge >= 0.3 is 0 Å². The van der Waals surface area contributed by atoms with Crippen LogP contribution in [0.2, 0.25) is 0 Å². The number of nitrogens with one attached hydrogen (secondary N) is 1. The molecule has 4 rings (SSSR count). The van der Waals surface area contributed by atoms with Gasteiger partial charge in [-0.3, -0.25) is 0 Å². The van der Waals surface area contributed by atoms with Crippen LogP contribution in [-0.2, 0) is 9.47 Å². The Kier molecular flexibility index (Phi) is 3.87. The van der Waals surface area contributed by atoms with Crippen molar-refractivity contribution in [2.75, 3.05) is 13.2 Å². The number of pyridine rings is 1. The second-order valence-corrected chi connectivity index (χ2v) is 6.81. The maximum Gasteiger partial charge on any atom is 0.162 e. The van der Waals surface area contributed by atoms with Gasteiger partial charge in [-0.2, -0.15) is 0 Å². The van der Waals surface area contributed by atoms with Gasteiger partial charge in [0.15, 0.2) is 5.79 Å². The minimum atomic E-state index is -0.500. The molecule has 0 radical (unpaired) electrons. The van der Waals surface area contributed by atoms with Gasteiger partial charge in [0.05, 0.1) is 13.2 Å². The Hall–Kier alpha value is -2.17. The van der Waals surface area contributed by atoms with E-state index >= 15 is 0 Å². The van der Waals surface area contributed by atoms with Crippen molar-refractivity contribution in [2.45, 2.75) is 25.6 Å². The molecule has 1 unspecified atom stereocenters. The molecule has 1 atom stereocenters. The van der Waals surface area contributed by atoms with Gasteiger partial charge in [-0.1, -0.05) is 30.3 Å².